The maximum atomic E-state index is 15.0. The van der Waals surface area contributed by atoms with Crippen LogP contribution in [-0.4, -0.2) is 25.3 Å². The van der Waals surface area contributed by atoms with Gasteiger partial charge < -0.3 is 5.32 Å². The van der Waals surface area contributed by atoms with E-state index in [1.54, 1.807) is 30.7 Å². The lowest BCUT2D eigenvalue weighted by Crippen LogP contribution is -2.17. The van der Waals surface area contributed by atoms with E-state index < -0.39 is 5.82 Å². The quantitative estimate of drug-likeness (QED) is 0.332. The van der Waals surface area contributed by atoms with Gasteiger partial charge in [0.1, 0.15) is 17.3 Å². The van der Waals surface area contributed by atoms with E-state index in [-0.39, 0.29) is 17.7 Å². The minimum atomic E-state index is -0.445. The summed E-state index contributed by atoms with van der Waals surface area (Å²) < 4.78 is 16.9. The zero-order valence-corrected chi connectivity index (χ0v) is 20.4. The van der Waals surface area contributed by atoms with Gasteiger partial charge in [0.05, 0.1) is 24.0 Å². The molecule has 0 aliphatic carbocycles. The lowest BCUT2D eigenvalue weighted by atomic mass is 9.88. The van der Waals surface area contributed by atoms with Crippen LogP contribution in [0.2, 0.25) is 0 Å². The van der Waals surface area contributed by atoms with Crippen molar-refractivity contribution in [1.29, 1.82) is 0 Å². The first-order valence-electron chi connectivity index (χ1n) is 11.7. The number of hydrogen-bond acceptors (Lipinski definition) is 4. The van der Waals surface area contributed by atoms with E-state index in [0.29, 0.717) is 16.9 Å². The third-order valence-electron chi connectivity index (χ3n) is 6.07. The Labute approximate surface area is 208 Å². The number of aromatic nitrogens is 4. The fourth-order valence-corrected chi connectivity index (χ4v) is 4.06. The monoisotopic (exact) mass is 479 g/mol. The Morgan fingerprint density at radius 3 is 2.56 bits per heavy atom. The molecule has 1 N–H and O–H groups in total. The average molecular weight is 480 g/mol. The van der Waals surface area contributed by atoms with Gasteiger partial charge in [-0.1, -0.05) is 39.0 Å². The predicted octanol–water partition coefficient (Wildman–Crippen LogP) is 6.08. The standard InChI is InChI=1S/C29H26FN5O/c1-29(2,3)22-9-12-32-26(17-22)34-28(36)16-19-7-8-21(14-23(19)30)25-18-33-27-15-20(10-13-35(25)27)24-6-4-5-11-31-24/h4-15,17-18H,16H2,1-3H3,(H,32,34,36). The maximum Gasteiger partial charge on any atom is 0.230 e. The molecule has 1 amide bonds. The molecule has 0 radical (unpaired) electrons. The molecule has 0 saturated carbocycles. The van der Waals surface area contributed by atoms with Gasteiger partial charge in [0, 0.05) is 29.7 Å². The summed E-state index contributed by atoms with van der Waals surface area (Å²) in [5, 5.41) is 2.78. The lowest BCUT2D eigenvalue weighted by molar-refractivity contribution is -0.115. The van der Waals surface area contributed by atoms with E-state index in [4.69, 9.17) is 0 Å². The highest BCUT2D eigenvalue weighted by Gasteiger charge is 2.16. The summed E-state index contributed by atoms with van der Waals surface area (Å²) in [6.45, 7) is 6.27. The Morgan fingerprint density at radius 2 is 1.81 bits per heavy atom. The number of halogens is 1. The normalized spacial score (nSPS) is 11.6. The number of imidazole rings is 1. The van der Waals surface area contributed by atoms with Crippen molar-refractivity contribution >= 4 is 17.4 Å². The topological polar surface area (TPSA) is 72.2 Å². The number of pyridine rings is 3. The van der Waals surface area contributed by atoms with Crippen molar-refractivity contribution < 1.29 is 9.18 Å². The van der Waals surface area contributed by atoms with E-state index in [2.05, 4.69) is 41.0 Å². The molecule has 4 heterocycles. The first-order chi connectivity index (χ1) is 17.3. The fourth-order valence-electron chi connectivity index (χ4n) is 4.06. The number of nitrogens with zero attached hydrogens (tertiary/aromatic N) is 4. The van der Waals surface area contributed by atoms with Gasteiger partial charge in [0.25, 0.3) is 0 Å². The molecular formula is C29H26FN5O. The molecule has 0 aliphatic rings. The summed E-state index contributed by atoms with van der Waals surface area (Å²) in [4.78, 5) is 25.7. The van der Waals surface area contributed by atoms with Crippen molar-refractivity contribution in [3.05, 3.63) is 102 Å². The highest BCUT2D eigenvalue weighted by atomic mass is 19.1. The summed E-state index contributed by atoms with van der Waals surface area (Å²) in [5.74, 6) is -0.309. The number of hydrogen-bond donors (Lipinski definition) is 1. The Balaban J connectivity index is 1.34. The van der Waals surface area contributed by atoms with Crippen LogP contribution >= 0.6 is 0 Å². The van der Waals surface area contributed by atoms with Crippen molar-refractivity contribution in [2.24, 2.45) is 0 Å². The van der Waals surface area contributed by atoms with Crippen LogP contribution in [0.1, 0.15) is 31.9 Å². The van der Waals surface area contributed by atoms with E-state index in [1.807, 2.05) is 53.1 Å². The summed E-state index contributed by atoms with van der Waals surface area (Å²) in [6.07, 6.45) is 6.95. The number of nitrogens with one attached hydrogen (secondary N) is 1. The number of amides is 1. The molecule has 0 spiro atoms. The van der Waals surface area contributed by atoms with Gasteiger partial charge in [-0.05, 0) is 59.0 Å². The number of carbonyl (C=O) groups excluding carboxylic acids is 1. The zero-order chi connectivity index (χ0) is 25.3. The average Bonchev–Trinajstić information content (AvgIpc) is 3.29. The van der Waals surface area contributed by atoms with Gasteiger partial charge in [-0.3, -0.25) is 14.2 Å². The highest BCUT2D eigenvalue weighted by Crippen LogP contribution is 2.27. The molecular weight excluding hydrogens is 453 g/mol. The van der Waals surface area contributed by atoms with Crippen molar-refractivity contribution in [2.45, 2.75) is 32.6 Å². The zero-order valence-electron chi connectivity index (χ0n) is 20.4. The Bertz CT molecular complexity index is 1550. The number of carbonyl (C=O) groups is 1. The first-order valence-corrected chi connectivity index (χ1v) is 11.7. The fraction of sp³-hybridized carbons (Fsp3) is 0.172. The van der Waals surface area contributed by atoms with Gasteiger partial charge >= 0.3 is 0 Å². The predicted molar refractivity (Wildman–Crippen MR) is 139 cm³/mol. The first kappa shape index (κ1) is 23.4. The molecule has 0 saturated heterocycles. The summed E-state index contributed by atoms with van der Waals surface area (Å²) in [6, 6.07) is 18.3. The molecule has 36 heavy (non-hydrogen) atoms. The molecule has 180 valence electrons. The molecule has 0 unspecified atom stereocenters. The SMILES string of the molecule is CC(C)(C)c1ccnc(NC(=O)Cc2ccc(-c3cnc4cc(-c5ccccn5)ccn34)cc2F)c1. The van der Waals surface area contributed by atoms with E-state index in [1.165, 1.54) is 6.07 Å². The van der Waals surface area contributed by atoms with Crippen LogP contribution in [0.4, 0.5) is 10.2 Å². The van der Waals surface area contributed by atoms with Crippen LogP contribution in [-0.2, 0) is 16.6 Å². The minimum absolute atomic E-state index is 0.0673. The van der Waals surface area contributed by atoms with Gasteiger partial charge in [0.15, 0.2) is 0 Å². The van der Waals surface area contributed by atoms with Gasteiger partial charge in [-0.25, -0.2) is 14.4 Å². The summed E-state index contributed by atoms with van der Waals surface area (Å²) >= 11 is 0. The van der Waals surface area contributed by atoms with Crippen LogP contribution in [0, 0.1) is 5.82 Å². The smallest absolute Gasteiger partial charge is 0.230 e. The van der Waals surface area contributed by atoms with Crippen LogP contribution in [0.5, 0.6) is 0 Å². The van der Waals surface area contributed by atoms with Crippen LogP contribution < -0.4 is 5.32 Å². The van der Waals surface area contributed by atoms with E-state index in [9.17, 15) is 4.79 Å². The number of rotatable bonds is 5. The number of anilines is 1. The lowest BCUT2D eigenvalue weighted by Gasteiger charge is -2.19. The second kappa shape index (κ2) is 9.34. The third-order valence-corrected chi connectivity index (χ3v) is 6.07. The second-order valence-electron chi connectivity index (χ2n) is 9.71. The van der Waals surface area contributed by atoms with Crippen molar-refractivity contribution in [2.75, 3.05) is 5.32 Å². The Morgan fingerprint density at radius 1 is 0.944 bits per heavy atom. The molecule has 0 fully saturated rings. The van der Waals surface area contributed by atoms with Crippen LogP contribution in [0.3, 0.4) is 0 Å². The number of fused-ring (bicyclic) bond motifs is 1. The summed E-state index contributed by atoms with van der Waals surface area (Å²) in [7, 11) is 0. The van der Waals surface area contributed by atoms with E-state index in [0.717, 1.165) is 28.2 Å². The van der Waals surface area contributed by atoms with Crippen molar-refractivity contribution in [1.82, 2.24) is 19.4 Å². The molecule has 5 rings (SSSR count). The van der Waals surface area contributed by atoms with E-state index >= 15 is 4.39 Å². The molecule has 1 aromatic carbocycles. The molecule has 7 heteroatoms. The van der Waals surface area contributed by atoms with Crippen molar-refractivity contribution in [3.8, 4) is 22.5 Å². The summed E-state index contributed by atoms with van der Waals surface area (Å²) in [5.41, 5.74) is 5.29. The van der Waals surface area contributed by atoms with Crippen molar-refractivity contribution in [3.63, 3.8) is 0 Å². The van der Waals surface area contributed by atoms with Gasteiger partial charge in [-0.2, -0.15) is 0 Å². The van der Waals surface area contributed by atoms with Crippen LogP contribution in [0.25, 0.3) is 28.2 Å². The van der Waals surface area contributed by atoms with Gasteiger partial charge in [-0.15, -0.1) is 0 Å². The molecule has 5 aromatic rings. The Hall–Kier alpha value is -4.39. The van der Waals surface area contributed by atoms with Crippen LogP contribution in [0.15, 0.2) is 85.5 Å². The molecule has 0 bridgehead atoms. The highest BCUT2D eigenvalue weighted by molar-refractivity contribution is 5.91. The number of benzene rings is 1. The maximum absolute atomic E-state index is 15.0. The third kappa shape index (κ3) is 4.86. The molecule has 4 aromatic heterocycles. The largest absolute Gasteiger partial charge is 0.310 e. The second-order valence-corrected chi connectivity index (χ2v) is 9.71. The van der Waals surface area contributed by atoms with Gasteiger partial charge in [0.2, 0.25) is 5.91 Å². The molecule has 6 nitrogen and oxygen atoms in total. The molecule has 0 atom stereocenters. The molecule has 0 aliphatic heterocycles. The minimum Gasteiger partial charge on any atom is -0.310 e. The Kier molecular flexibility index (Phi) is 6.06.